The van der Waals surface area contributed by atoms with Gasteiger partial charge in [0.2, 0.25) is 0 Å². The van der Waals surface area contributed by atoms with Crippen LogP contribution in [0.1, 0.15) is 0 Å². The molecule has 2 aromatic carbocycles. The maximum Gasteiger partial charge on any atom is 0.151 e. The van der Waals surface area contributed by atoms with E-state index in [9.17, 15) is 0 Å². The van der Waals surface area contributed by atoms with Crippen LogP contribution >= 0.6 is 15.9 Å². The molecular weight excluding hydrogens is 392 g/mol. The first-order valence-electron chi connectivity index (χ1n) is 7.95. The average Bonchev–Trinajstić information content (AvgIpc) is 3.08. The Morgan fingerprint density at radius 3 is 2.54 bits per heavy atom. The maximum absolute atomic E-state index is 6.01. The van der Waals surface area contributed by atoms with Crippen LogP contribution in [-0.2, 0) is 7.05 Å². The van der Waals surface area contributed by atoms with E-state index in [-0.39, 0.29) is 0 Å². The van der Waals surface area contributed by atoms with E-state index in [0.717, 1.165) is 32.1 Å². The summed E-state index contributed by atoms with van der Waals surface area (Å²) in [6, 6.07) is 13.7. The van der Waals surface area contributed by atoms with Crippen LogP contribution in [0, 0.1) is 0 Å². The van der Waals surface area contributed by atoms with Gasteiger partial charge in [0.1, 0.15) is 5.69 Å². The molecule has 0 aliphatic rings. The van der Waals surface area contributed by atoms with Crippen molar-refractivity contribution in [2.45, 2.75) is 0 Å². The number of pyridine rings is 1. The molecule has 4 aromatic rings. The highest BCUT2D eigenvalue weighted by atomic mass is 79.9. The van der Waals surface area contributed by atoms with Crippen LogP contribution in [-0.4, -0.2) is 14.8 Å². The van der Waals surface area contributed by atoms with E-state index in [2.05, 4.69) is 36.2 Å². The molecule has 0 bridgehead atoms. The molecule has 0 aliphatic carbocycles. The second kappa shape index (κ2) is 6.68. The Morgan fingerprint density at radius 1 is 1.00 bits per heavy atom. The van der Waals surface area contributed by atoms with E-state index in [0.29, 0.717) is 11.5 Å². The number of fused-ring (bicyclic) bond motifs is 1. The molecule has 7 heteroatoms. The fraction of sp³-hybridized carbons (Fsp3) is 0.0526. The second-order valence-corrected chi connectivity index (χ2v) is 6.79. The van der Waals surface area contributed by atoms with Crippen LogP contribution in [0.4, 0.5) is 17.2 Å². The number of hydrogen-bond acceptors (Lipinski definition) is 5. The molecule has 26 heavy (non-hydrogen) atoms. The summed E-state index contributed by atoms with van der Waals surface area (Å²) in [5, 5.41) is 14.7. The fourth-order valence-corrected chi connectivity index (χ4v) is 3.05. The van der Waals surface area contributed by atoms with Crippen LogP contribution in [0.3, 0.4) is 0 Å². The number of nitrogens with two attached hydrogens (primary N) is 1. The molecule has 2 heterocycles. The Kier molecular flexibility index (Phi) is 4.22. The first kappa shape index (κ1) is 16.4. The maximum atomic E-state index is 6.01. The highest BCUT2D eigenvalue weighted by Crippen LogP contribution is 2.33. The third-order valence-electron chi connectivity index (χ3n) is 4.03. The third-order valence-corrected chi connectivity index (χ3v) is 4.52. The normalized spacial score (nSPS) is 11.5. The largest absolute Gasteiger partial charge is 0.382 e. The summed E-state index contributed by atoms with van der Waals surface area (Å²) in [4.78, 5) is 4.20. The van der Waals surface area contributed by atoms with E-state index in [1.165, 1.54) is 0 Å². The number of benzene rings is 2. The molecule has 2 N–H and O–H groups in total. The van der Waals surface area contributed by atoms with E-state index in [1.807, 2.05) is 61.9 Å². The number of halogens is 1. The minimum absolute atomic E-state index is 0.353. The summed E-state index contributed by atoms with van der Waals surface area (Å²) in [6.07, 6.45) is 5.53. The number of rotatable bonds is 3. The second-order valence-electron chi connectivity index (χ2n) is 5.87. The van der Waals surface area contributed by atoms with E-state index >= 15 is 0 Å². The van der Waals surface area contributed by atoms with Crippen LogP contribution in [0.2, 0.25) is 0 Å². The summed E-state index contributed by atoms with van der Waals surface area (Å²) >= 11 is 3.48. The van der Waals surface area contributed by atoms with Crippen LogP contribution < -0.4 is 5.73 Å². The van der Waals surface area contributed by atoms with Crippen molar-refractivity contribution >= 4 is 43.9 Å². The highest BCUT2D eigenvalue weighted by Gasteiger charge is 2.07. The number of azo groups is 1. The Morgan fingerprint density at radius 2 is 1.81 bits per heavy atom. The lowest BCUT2D eigenvalue weighted by Gasteiger charge is -2.04. The summed E-state index contributed by atoms with van der Waals surface area (Å²) < 4.78 is 2.73. The summed E-state index contributed by atoms with van der Waals surface area (Å²) in [6.45, 7) is 0. The molecule has 128 valence electrons. The summed E-state index contributed by atoms with van der Waals surface area (Å²) in [5.41, 5.74) is 9.46. The van der Waals surface area contributed by atoms with Gasteiger partial charge in [-0.05, 0) is 29.8 Å². The lowest BCUT2D eigenvalue weighted by molar-refractivity contribution is 0.768. The van der Waals surface area contributed by atoms with Gasteiger partial charge in [0, 0.05) is 40.2 Å². The van der Waals surface area contributed by atoms with Gasteiger partial charge in [-0.25, -0.2) is 4.98 Å². The molecule has 0 aliphatic heterocycles. The topological polar surface area (TPSA) is 81.5 Å². The van der Waals surface area contributed by atoms with Crippen LogP contribution in [0.25, 0.3) is 21.9 Å². The van der Waals surface area contributed by atoms with Gasteiger partial charge < -0.3 is 5.73 Å². The molecule has 4 rings (SSSR count). The molecule has 0 atom stereocenters. The van der Waals surface area contributed by atoms with Crippen molar-refractivity contribution in [3.63, 3.8) is 0 Å². The molecule has 0 amide bonds. The lowest BCUT2D eigenvalue weighted by Crippen LogP contribution is -1.90. The Labute approximate surface area is 158 Å². The minimum atomic E-state index is 0.353. The molecule has 0 unspecified atom stereocenters. The van der Waals surface area contributed by atoms with Gasteiger partial charge in [0.15, 0.2) is 5.82 Å². The van der Waals surface area contributed by atoms with Gasteiger partial charge >= 0.3 is 0 Å². The first-order valence-corrected chi connectivity index (χ1v) is 8.74. The molecule has 0 saturated heterocycles. The van der Waals surface area contributed by atoms with Crippen molar-refractivity contribution < 1.29 is 0 Å². The van der Waals surface area contributed by atoms with E-state index in [1.54, 1.807) is 10.9 Å². The minimum Gasteiger partial charge on any atom is -0.382 e. The van der Waals surface area contributed by atoms with Gasteiger partial charge in [-0.3, -0.25) is 4.68 Å². The van der Waals surface area contributed by atoms with Crippen LogP contribution in [0.5, 0.6) is 0 Å². The van der Waals surface area contributed by atoms with E-state index < -0.39 is 0 Å². The number of aromatic nitrogens is 3. The SMILES string of the molecule is Cn1cc(-c2ccc(N=Nc3c(N)ncc4ccc(Br)cc34)cc2)cn1. The van der Waals surface area contributed by atoms with Gasteiger partial charge in [-0.15, -0.1) is 5.11 Å². The number of anilines is 1. The number of aryl methyl sites for hydroxylation is 1. The molecule has 2 aromatic heterocycles. The third kappa shape index (κ3) is 3.21. The van der Waals surface area contributed by atoms with Gasteiger partial charge in [0.05, 0.1) is 11.9 Å². The quantitative estimate of drug-likeness (QED) is 0.462. The van der Waals surface area contributed by atoms with Crippen molar-refractivity contribution in [3.8, 4) is 11.1 Å². The zero-order valence-corrected chi connectivity index (χ0v) is 15.6. The number of hydrogen-bond donors (Lipinski definition) is 1. The zero-order chi connectivity index (χ0) is 18.1. The molecule has 0 radical (unpaired) electrons. The predicted octanol–water partition coefficient (Wildman–Crippen LogP) is 5.40. The van der Waals surface area contributed by atoms with Crippen molar-refractivity contribution in [1.82, 2.24) is 14.8 Å². The average molecular weight is 407 g/mol. The Bertz CT molecular complexity index is 1110. The summed E-state index contributed by atoms with van der Waals surface area (Å²) in [5.74, 6) is 0.353. The number of nitrogens with zero attached hydrogens (tertiary/aromatic N) is 5. The Hall–Kier alpha value is -3.06. The summed E-state index contributed by atoms with van der Waals surface area (Å²) in [7, 11) is 1.90. The van der Waals surface area contributed by atoms with Gasteiger partial charge in [0.25, 0.3) is 0 Å². The van der Waals surface area contributed by atoms with Crippen molar-refractivity contribution in [2.24, 2.45) is 17.3 Å². The monoisotopic (exact) mass is 406 g/mol. The highest BCUT2D eigenvalue weighted by molar-refractivity contribution is 9.10. The zero-order valence-electron chi connectivity index (χ0n) is 14.0. The molecule has 0 saturated carbocycles. The standard InChI is InChI=1S/C19H15BrN6/c1-26-11-14(10-23-26)12-3-6-16(7-4-12)24-25-18-17-8-15(20)5-2-13(17)9-22-19(18)21/h2-11H,1H3,(H2,21,22). The predicted molar refractivity (Wildman–Crippen MR) is 107 cm³/mol. The van der Waals surface area contributed by atoms with Gasteiger partial charge in [-0.1, -0.05) is 34.1 Å². The molecular formula is C19H15BrN6. The molecule has 0 spiro atoms. The lowest BCUT2D eigenvalue weighted by atomic mass is 10.1. The van der Waals surface area contributed by atoms with Crippen molar-refractivity contribution in [2.75, 3.05) is 5.73 Å². The van der Waals surface area contributed by atoms with Crippen molar-refractivity contribution in [1.29, 1.82) is 0 Å². The van der Waals surface area contributed by atoms with Crippen molar-refractivity contribution in [3.05, 3.63) is 65.5 Å². The number of nitrogen functional groups attached to an aromatic ring is 1. The van der Waals surface area contributed by atoms with Crippen LogP contribution in [0.15, 0.2) is 75.8 Å². The molecule has 0 fully saturated rings. The van der Waals surface area contributed by atoms with E-state index in [4.69, 9.17) is 5.73 Å². The first-order chi connectivity index (χ1) is 12.6. The van der Waals surface area contributed by atoms with Gasteiger partial charge in [-0.2, -0.15) is 10.2 Å². The fourth-order valence-electron chi connectivity index (χ4n) is 2.69. The smallest absolute Gasteiger partial charge is 0.151 e. The molecule has 6 nitrogen and oxygen atoms in total. The Balaban J connectivity index is 1.67.